The number of nitro groups is 1. The van der Waals surface area contributed by atoms with Gasteiger partial charge in [0.15, 0.2) is 6.61 Å². The van der Waals surface area contributed by atoms with Crippen LogP contribution in [0.4, 0.5) is 10.8 Å². The van der Waals surface area contributed by atoms with Crippen molar-refractivity contribution in [3.8, 4) is 5.75 Å². The van der Waals surface area contributed by atoms with E-state index in [4.69, 9.17) is 9.47 Å². The van der Waals surface area contributed by atoms with E-state index in [-0.39, 0.29) is 12.3 Å². The minimum atomic E-state index is -0.490. The number of nitro benzene ring substituents is 1. The van der Waals surface area contributed by atoms with Crippen molar-refractivity contribution >= 4 is 28.1 Å². The molecule has 0 unspecified atom stereocenters. The second-order valence-corrected chi connectivity index (χ2v) is 5.54. The van der Waals surface area contributed by atoms with Gasteiger partial charge in [-0.1, -0.05) is 11.3 Å². The Labute approximate surface area is 135 Å². The zero-order chi connectivity index (χ0) is 16.8. The smallest absolute Gasteiger partial charge is 0.269 e. The number of amides is 1. The first-order valence-electron chi connectivity index (χ1n) is 6.48. The van der Waals surface area contributed by atoms with Gasteiger partial charge in [-0.15, -0.1) is 10.2 Å². The monoisotopic (exact) mass is 338 g/mol. The van der Waals surface area contributed by atoms with Gasteiger partial charge in [0.1, 0.15) is 17.4 Å². The molecule has 0 fully saturated rings. The number of nitrogens with one attached hydrogen (secondary N) is 1. The zero-order valence-corrected chi connectivity index (χ0v) is 13.3. The molecule has 0 spiro atoms. The van der Waals surface area contributed by atoms with Crippen LogP contribution in [0.3, 0.4) is 0 Å². The van der Waals surface area contributed by atoms with Gasteiger partial charge in [0.2, 0.25) is 5.13 Å². The van der Waals surface area contributed by atoms with Crippen molar-refractivity contribution in [3.05, 3.63) is 38.9 Å². The molecule has 1 N–H and O–H groups in total. The second-order valence-electron chi connectivity index (χ2n) is 4.48. The number of benzene rings is 1. The van der Waals surface area contributed by atoms with Gasteiger partial charge in [0, 0.05) is 19.2 Å². The van der Waals surface area contributed by atoms with E-state index in [2.05, 4.69) is 15.5 Å². The zero-order valence-electron chi connectivity index (χ0n) is 12.4. The second kappa shape index (κ2) is 7.61. The number of aryl methyl sites for hydroxylation is 1. The number of rotatable bonds is 7. The summed E-state index contributed by atoms with van der Waals surface area (Å²) in [5.74, 6) is 0.00551. The van der Waals surface area contributed by atoms with E-state index >= 15 is 0 Å². The van der Waals surface area contributed by atoms with Crippen LogP contribution in [0.2, 0.25) is 0 Å². The Bertz CT molecular complexity index is 718. The molecular formula is C13H14N4O5S. The van der Waals surface area contributed by atoms with Gasteiger partial charge in [-0.25, -0.2) is 0 Å². The third kappa shape index (κ3) is 4.69. The molecule has 0 radical (unpaired) electrons. The van der Waals surface area contributed by atoms with Crippen molar-refractivity contribution in [3.63, 3.8) is 0 Å². The molecule has 23 heavy (non-hydrogen) atoms. The summed E-state index contributed by atoms with van der Waals surface area (Å²) in [4.78, 5) is 22.0. The minimum Gasteiger partial charge on any atom is -0.483 e. The molecule has 1 aromatic heterocycles. The van der Waals surface area contributed by atoms with Crippen molar-refractivity contribution < 1.29 is 19.2 Å². The number of carbonyl (C=O) groups excluding carboxylic acids is 1. The standard InChI is InChI=1S/C13H14N4O5S/c1-8-5-9(17(19)20)3-4-10(8)22-6-11(18)14-13-16-15-12(23-13)7-21-2/h3-5H,6-7H2,1-2H3,(H,14,16,18). The Balaban J connectivity index is 1.89. The summed E-state index contributed by atoms with van der Waals surface area (Å²) in [5.41, 5.74) is 0.545. The van der Waals surface area contributed by atoms with Crippen LogP contribution in [0.5, 0.6) is 5.75 Å². The van der Waals surface area contributed by atoms with Crippen molar-refractivity contribution in [1.82, 2.24) is 10.2 Å². The molecule has 0 aliphatic carbocycles. The summed E-state index contributed by atoms with van der Waals surface area (Å²) in [5, 5.41) is 21.9. The van der Waals surface area contributed by atoms with Gasteiger partial charge >= 0.3 is 0 Å². The highest BCUT2D eigenvalue weighted by atomic mass is 32.1. The summed E-state index contributed by atoms with van der Waals surface area (Å²) >= 11 is 1.21. The van der Waals surface area contributed by atoms with Crippen LogP contribution in [-0.4, -0.2) is 34.7 Å². The molecule has 0 aliphatic heterocycles. The first-order chi connectivity index (χ1) is 11.0. The molecule has 0 atom stereocenters. The van der Waals surface area contributed by atoms with Gasteiger partial charge in [0.25, 0.3) is 11.6 Å². The number of hydrogen-bond donors (Lipinski definition) is 1. The van der Waals surface area contributed by atoms with Crippen molar-refractivity contribution in [2.45, 2.75) is 13.5 Å². The molecule has 9 nitrogen and oxygen atoms in total. The van der Waals surface area contributed by atoms with E-state index in [0.29, 0.717) is 28.1 Å². The molecule has 1 amide bonds. The van der Waals surface area contributed by atoms with E-state index in [9.17, 15) is 14.9 Å². The fourth-order valence-electron chi connectivity index (χ4n) is 1.69. The third-order valence-corrected chi connectivity index (χ3v) is 3.52. The molecular weight excluding hydrogens is 324 g/mol. The number of hydrogen-bond acceptors (Lipinski definition) is 8. The molecule has 0 aliphatic rings. The van der Waals surface area contributed by atoms with Gasteiger partial charge in [-0.2, -0.15) is 0 Å². The molecule has 0 saturated heterocycles. The molecule has 0 bridgehead atoms. The topological polar surface area (TPSA) is 116 Å². The fraction of sp³-hybridized carbons (Fsp3) is 0.308. The van der Waals surface area contributed by atoms with Crippen molar-refractivity contribution in [2.24, 2.45) is 0 Å². The van der Waals surface area contributed by atoms with Crippen LogP contribution in [-0.2, 0) is 16.1 Å². The van der Waals surface area contributed by atoms with E-state index in [0.717, 1.165) is 0 Å². The minimum absolute atomic E-state index is 0.0289. The van der Waals surface area contributed by atoms with Crippen molar-refractivity contribution in [1.29, 1.82) is 0 Å². The van der Waals surface area contributed by atoms with Crippen molar-refractivity contribution in [2.75, 3.05) is 19.0 Å². The van der Waals surface area contributed by atoms with Gasteiger partial charge < -0.3 is 9.47 Å². The summed E-state index contributed by atoms with van der Waals surface area (Å²) in [6, 6.07) is 4.17. The van der Waals surface area contributed by atoms with E-state index in [1.54, 1.807) is 14.0 Å². The first kappa shape index (κ1) is 16.8. The number of nitrogens with zero attached hydrogens (tertiary/aromatic N) is 3. The van der Waals surface area contributed by atoms with Gasteiger partial charge in [0.05, 0.1) is 4.92 Å². The molecule has 2 rings (SSSR count). The van der Waals surface area contributed by atoms with Crippen LogP contribution in [0.25, 0.3) is 0 Å². The fourth-order valence-corrected chi connectivity index (χ4v) is 2.42. The maximum atomic E-state index is 11.8. The van der Waals surface area contributed by atoms with Crippen LogP contribution < -0.4 is 10.1 Å². The predicted molar refractivity (Wildman–Crippen MR) is 82.6 cm³/mol. The summed E-state index contributed by atoms with van der Waals surface area (Å²) in [7, 11) is 1.54. The van der Waals surface area contributed by atoms with Crippen LogP contribution in [0.1, 0.15) is 10.6 Å². The summed E-state index contributed by atoms with van der Waals surface area (Å²) in [6.07, 6.45) is 0. The molecule has 0 saturated carbocycles. The highest BCUT2D eigenvalue weighted by molar-refractivity contribution is 7.15. The SMILES string of the molecule is COCc1nnc(NC(=O)COc2ccc([N+](=O)[O-])cc2C)s1. The Morgan fingerprint density at radius 3 is 2.87 bits per heavy atom. The maximum absolute atomic E-state index is 11.8. The molecule has 122 valence electrons. The van der Waals surface area contributed by atoms with E-state index in [1.807, 2.05) is 0 Å². The average Bonchev–Trinajstić information content (AvgIpc) is 2.93. The highest BCUT2D eigenvalue weighted by Crippen LogP contribution is 2.23. The summed E-state index contributed by atoms with van der Waals surface area (Å²) < 4.78 is 10.3. The molecule has 10 heteroatoms. The quantitative estimate of drug-likeness (QED) is 0.605. The number of ether oxygens (including phenoxy) is 2. The van der Waals surface area contributed by atoms with Crippen LogP contribution in [0.15, 0.2) is 18.2 Å². The third-order valence-electron chi connectivity index (χ3n) is 2.71. The van der Waals surface area contributed by atoms with Gasteiger partial charge in [-0.05, 0) is 18.6 Å². The largest absolute Gasteiger partial charge is 0.483 e. The first-order valence-corrected chi connectivity index (χ1v) is 7.30. The summed E-state index contributed by atoms with van der Waals surface area (Å²) in [6.45, 7) is 1.76. The number of non-ortho nitro benzene ring substituents is 1. The number of methoxy groups -OCH3 is 1. The van der Waals surface area contributed by atoms with Crippen LogP contribution >= 0.6 is 11.3 Å². The van der Waals surface area contributed by atoms with E-state index < -0.39 is 10.8 Å². The molecule has 2 aromatic rings. The normalized spacial score (nSPS) is 10.3. The average molecular weight is 338 g/mol. The predicted octanol–water partition coefficient (Wildman–Crippen LogP) is 1.92. The van der Waals surface area contributed by atoms with Gasteiger partial charge in [-0.3, -0.25) is 20.2 Å². The lowest BCUT2D eigenvalue weighted by Crippen LogP contribution is -2.20. The number of carbonyl (C=O) groups is 1. The Morgan fingerprint density at radius 2 is 2.22 bits per heavy atom. The molecule has 1 heterocycles. The molecule has 1 aromatic carbocycles. The highest BCUT2D eigenvalue weighted by Gasteiger charge is 2.12. The lowest BCUT2D eigenvalue weighted by Gasteiger charge is -2.08. The number of anilines is 1. The van der Waals surface area contributed by atoms with E-state index in [1.165, 1.54) is 29.5 Å². The number of aromatic nitrogens is 2. The Hall–Kier alpha value is -2.59. The Morgan fingerprint density at radius 1 is 1.43 bits per heavy atom. The lowest BCUT2D eigenvalue weighted by atomic mass is 10.2. The Kier molecular flexibility index (Phi) is 5.55. The van der Waals surface area contributed by atoms with Crippen LogP contribution in [0, 0.1) is 17.0 Å². The maximum Gasteiger partial charge on any atom is 0.269 e. The lowest BCUT2D eigenvalue weighted by molar-refractivity contribution is -0.384.